The summed E-state index contributed by atoms with van der Waals surface area (Å²) < 4.78 is 0. The Morgan fingerprint density at radius 1 is 0.365 bits per heavy atom. The molecule has 1 N–H and O–H groups in total. The molecule has 4 rings (SSSR count). The Kier molecular flexibility index (Phi) is 16.6. The van der Waals surface area contributed by atoms with Crippen molar-refractivity contribution in [2.24, 2.45) is 0 Å². The summed E-state index contributed by atoms with van der Waals surface area (Å²) in [4.78, 5) is 0. The SMILES string of the molecule is CCCCCc1ccccc1C(C)C(C)c1ccc(O)c(C(C)C(C)c2ccccc2CCCCC)c1C(C)C(C)c1ccccc1CCCCC. The van der Waals surface area contributed by atoms with Gasteiger partial charge in [0, 0.05) is 5.56 Å². The minimum absolute atomic E-state index is 0.153. The first-order valence-electron chi connectivity index (χ1n) is 21.2. The zero-order valence-corrected chi connectivity index (χ0v) is 34.5. The Bertz CT molecular complexity index is 1650. The number of hydrogen-bond donors (Lipinski definition) is 1. The first-order valence-corrected chi connectivity index (χ1v) is 21.2. The summed E-state index contributed by atoms with van der Waals surface area (Å²) >= 11 is 0. The van der Waals surface area contributed by atoms with Gasteiger partial charge in [0.1, 0.15) is 5.75 Å². The van der Waals surface area contributed by atoms with Crippen molar-refractivity contribution < 1.29 is 5.11 Å². The molecule has 0 radical (unpaired) electrons. The summed E-state index contributed by atoms with van der Waals surface area (Å²) in [7, 11) is 0. The van der Waals surface area contributed by atoms with Gasteiger partial charge in [0.25, 0.3) is 0 Å². The van der Waals surface area contributed by atoms with E-state index in [1.165, 1.54) is 102 Å². The normalized spacial score (nSPS) is 15.2. The fourth-order valence-corrected chi connectivity index (χ4v) is 8.92. The van der Waals surface area contributed by atoms with Gasteiger partial charge >= 0.3 is 0 Å². The zero-order valence-electron chi connectivity index (χ0n) is 34.5. The van der Waals surface area contributed by atoms with Gasteiger partial charge in [-0.1, -0.05) is 180 Å². The van der Waals surface area contributed by atoms with Gasteiger partial charge in [0.15, 0.2) is 0 Å². The molecule has 282 valence electrons. The van der Waals surface area contributed by atoms with Gasteiger partial charge in [-0.15, -0.1) is 0 Å². The standard InChI is InChI=1S/C51H72O/c1-10-13-16-25-42-28-19-22-31-45(42)36(4)37(5)48-34-35-49(52)51(41(9)39(7)47-33-24-21-30-44(47)27-18-15-12-3)50(48)40(8)38(6)46-32-23-20-29-43(46)26-17-14-11-2/h19-24,28-41,52H,10-18,25-27H2,1-9H3. The molecule has 0 aliphatic carbocycles. The van der Waals surface area contributed by atoms with Crippen LogP contribution in [0.15, 0.2) is 84.9 Å². The highest BCUT2D eigenvalue weighted by Crippen LogP contribution is 2.49. The Balaban J connectivity index is 1.85. The van der Waals surface area contributed by atoms with Crippen LogP contribution >= 0.6 is 0 Å². The van der Waals surface area contributed by atoms with E-state index < -0.39 is 0 Å². The van der Waals surface area contributed by atoms with Crippen LogP contribution in [-0.2, 0) is 19.3 Å². The molecule has 0 saturated heterocycles. The van der Waals surface area contributed by atoms with Crippen molar-refractivity contribution in [1.82, 2.24) is 0 Å². The van der Waals surface area contributed by atoms with E-state index in [0.717, 1.165) is 24.8 Å². The van der Waals surface area contributed by atoms with Crippen molar-refractivity contribution in [1.29, 1.82) is 0 Å². The lowest BCUT2D eigenvalue weighted by molar-refractivity contribution is 0.448. The van der Waals surface area contributed by atoms with E-state index in [1.54, 1.807) is 0 Å². The van der Waals surface area contributed by atoms with Crippen LogP contribution in [0.4, 0.5) is 0 Å². The number of aromatic hydroxyl groups is 1. The molecule has 1 heteroatoms. The summed E-state index contributed by atoms with van der Waals surface area (Å²) in [6, 6.07) is 31.8. The maximum atomic E-state index is 12.0. The zero-order chi connectivity index (χ0) is 37.6. The van der Waals surface area contributed by atoms with Crippen LogP contribution in [0.25, 0.3) is 0 Å². The molecule has 0 aliphatic heterocycles. The van der Waals surface area contributed by atoms with Gasteiger partial charge in [0.2, 0.25) is 0 Å². The lowest BCUT2D eigenvalue weighted by atomic mass is 9.70. The smallest absolute Gasteiger partial charge is 0.119 e. The summed E-state index contributed by atoms with van der Waals surface area (Å²) in [5.41, 5.74) is 12.8. The minimum atomic E-state index is 0.153. The van der Waals surface area contributed by atoms with Gasteiger partial charge in [0.05, 0.1) is 0 Å². The second kappa shape index (κ2) is 20.8. The highest BCUT2D eigenvalue weighted by molar-refractivity contribution is 5.53. The van der Waals surface area contributed by atoms with Crippen LogP contribution in [0.2, 0.25) is 0 Å². The Morgan fingerprint density at radius 3 is 1.08 bits per heavy atom. The fourth-order valence-electron chi connectivity index (χ4n) is 8.92. The molecule has 0 saturated carbocycles. The van der Waals surface area contributed by atoms with E-state index in [2.05, 4.69) is 141 Å². The quantitative estimate of drug-likeness (QED) is 0.0858. The predicted octanol–water partition coefficient (Wildman–Crippen LogP) is 15.3. The van der Waals surface area contributed by atoms with Crippen molar-refractivity contribution in [3.8, 4) is 5.75 Å². The molecule has 4 aromatic rings. The van der Waals surface area contributed by atoms with Gasteiger partial charge in [-0.3, -0.25) is 0 Å². The number of phenols is 1. The average molecular weight is 701 g/mol. The van der Waals surface area contributed by atoms with E-state index in [-0.39, 0.29) is 17.8 Å². The van der Waals surface area contributed by atoms with Crippen molar-refractivity contribution in [2.75, 3.05) is 0 Å². The molecule has 0 aliphatic rings. The van der Waals surface area contributed by atoms with Crippen LogP contribution in [-0.4, -0.2) is 5.11 Å². The number of rotatable bonds is 21. The van der Waals surface area contributed by atoms with E-state index >= 15 is 0 Å². The number of benzene rings is 4. The van der Waals surface area contributed by atoms with Crippen LogP contribution in [0.3, 0.4) is 0 Å². The van der Waals surface area contributed by atoms with Crippen LogP contribution < -0.4 is 0 Å². The van der Waals surface area contributed by atoms with Crippen LogP contribution in [0.5, 0.6) is 5.75 Å². The van der Waals surface area contributed by atoms with Gasteiger partial charge < -0.3 is 5.11 Å². The summed E-state index contributed by atoms with van der Waals surface area (Å²) in [6.45, 7) is 21.4. The molecule has 6 atom stereocenters. The number of aryl methyl sites for hydroxylation is 3. The fraction of sp³-hybridized carbons (Fsp3) is 0.529. The Labute approximate surface area is 319 Å². The maximum Gasteiger partial charge on any atom is 0.119 e. The van der Waals surface area contributed by atoms with E-state index in [9.17, 15) is 5.11 Å². The lowest BCUT2D eigenvalue weighted by Gasteiger charge is -2.35. The third-order valence-corrected chi connectivity index (χ3v) is 12.7. The maximum absolute atomic E-state index is 12.0. The monoisotopic (exact) mass is 701 g/mol. The second-order valence-corrected chi connectivity index (χ2v) is 16.2. The van der Waals surface area contributed by atoms with Crippen LogP contribution in [0, 0.1) is 0 Å². The van der Waals surface area contributed by atoms with Gasteiger partial charge in [-0.25, -0.2) is 0 Å². The van der Waals surface area contributed by atoms with Crippen LogP contribution in [0.1, 0.15) is 206 Å². The molecule has 6 unspecified atom stereocenters. The van der Waals surface area contributed by atoms with Gasteiger partial charge in [-0.2, -0.15) is 0 Å². The van der Waals surface area contributed by atoms with Crippen molar-refractivity contribution >= 4 is 0 Å². The molecule has 0 bridgehead atoms. The number of phenolic OH excluding ortho intramolecular Hbond substituents is 1. The molecule has 0 spiro atoms. The third-order valence-electron chi connectivity index (χ3n) is 12.7. The van der Waals surface area contributed by atoms with E-state index in [4.69, 9.17) is 0 Å². The lowest BCUT2D eigenvalue weighted by Crippen LogP contribution is -2.19. The topological polar surface area (TPSA) is 20.2 Å². The number of unbranched alkanes of at least 4 members (excludes halogenated alkanes) is 6. The number of hydrogen-bond acceptors (Lipinski definition) is 1. The molecule has 4 aromatic carbocycles. The molecule has 1 nitrogen and oxygen atoms in total. The highest BCUT2D eigenvalue weighted by atomic mass is 16.3. The highest BCUT2D eigenvalue weighted by Gasteiger charge is 2.33. The largest absolute Gasteiger partial charge is 0.508 e. The molecule has 0 fully saturated rings. The van der Waals surface area contributed by atoms with E-state index in [0.29, 0.717) is 23.5 Å². The predicted molar refractivity (Wildman–Crippen MR) is 228 cm³/mol. The summed E-state index contributed by atoms with van der Waals surface area (Å²) in [6.07, 6.45) is 14.6. The van der Waals surface area contributed by atoms with Crippen molar-refractivity contribution in [3.63, 3.8) is 0 Å². The molecular formula is C51H72O. The van der Waals surface area contributed by atoms with Crippen molar-refractivity contribution in [2.45, 2.75) is 175 Å². The Hall–Kier alpha value is -3.32. The molecule has 0 amide bonds. The molecular weight excluding hydrogens is 629 g/mol. The first-order chi connectivity index (χ1) is 25.2. The first kappa shape index (κ1) is 41.4. The van der Waals surface area contributed by atoms with Crippen molar-refractivity contribution in [3.05, 3.63) is 135 Å². The second-order valence-electron chi connectivity index (χ2n) is 16.2. The molecule has 0 heterocycles. The average Bonchev–Trinajstić information content (AvgIpc) is 3.17. The third kappa shape index (κ3) is 10.2. The molecule has 52 heavy (non-hydrogen) atoms. The Morgan fingerprint density at radius 2 is 0.692 bits per heavy atom. The van der Waals surface area contributed by atoms with E-state index in [1.807, 2.05) is 6.07 Å². The summed E-state index contributed by atoms with van der Waals surface area (Å²) in [5.74, 6) is 2.06. The van der Waals surface area contributed by atoms with Gasteiger partial charge in [-0.05, 0) is 125 Å². The molecule has 0 aromatic heterocycles. The minimum Gasteiger partial charge on any atom is -0.508 e. The summed E-state index contributed by atoms with van der Waals surface area (Å²) in [5, 5.41) is 12.0.